The molecule has 238 valence electrons. The Labute approximate surface area is 254 Å². The second-order valence-electron chi connectivity index (χ2n) is 13.5. The molecule has 0 aliphatic heterocycles. The highest BCUT2D eigenvalue weighted by atomic mass is 16.6. The molecular weight excluding hydrogens is 554 g/mol. The minimum atomic E-state index is -1.43. The summed E-state index contributed by atoms with van der Waals surface area (Å²) in [4.78, 5) is 60.0. The lowest BCUT2D eigenvalue weighted by atomic mass is 9.48. The molecule has 4 aliphatic carbocycles. The van der Waals surface area contributed by atoms with Crippen molar-refractivity contribution in [3.8, 4) is 0 Å². The number of carbonyl (C=O) groups excluding carboxylic acids is 5. The second-order valence-corrected chi connectivity index (χ2v) is 13.5. The summed E-state index contributed by atoms with van der Waals surface area (Å²) in [6.07, 6.45) is 11.6. The van der Waals surface area contributed by atoms with E-state index in [1.165, 1.54) is 33.3 Å². The van der Waals surface area contributed by atoms with E-state index in [0.717, 1.165) is 56.9 Å². The van der Waals surface area contributed by atoms with Gasteiger partial charge in [-0.15, -0.1) is 0 Å². The molecule has 3 fully saturated rings. The Hall–Kier alpha value is -3.17. The summed E-state index contributed by atoms with van der Waals surface area (Å²) in [6, 6.07) is 0. The first-order chi connectivity index (χ1) is 20.2. The lowest BCUT2D eigenvalue weighted by molar-refractivity contribution is -0.156. The van der Waals surface area contributed by atoms with Crippen LogP contribution in [0.1, 0.15) is 92.9 Å². The van der Waals surface area contributed by atoms with Gasteiger partial charge in [-0.1, -0.05) is 31.1 Å². The Balaban J connectivity index is 1.53. The van der Waals surface area contributed by atoms with Crippen LogP contribution < -0.4 is 5.32 Å². The normalized spacial score (nSPS) is 32.3. The van der Waals surface area contributed by atoms with E-state index in [1.54, 1.807) is 6.08 Å². The van der Waals surface area contributed by atoms with Gasteiger partial charge in [0.05, 0.1) is 0 Å². The third-order valence-electron chi connectivity index (χ3n) is 10.6. The van der Waals surface area contributed by atoms with E-state index < -0.39 is 29.4 Å². The van der Waals surface area contributed by atoms with E-state index in [-0.39, 0.29) is 42.7 Å². The largest absolute Gasteiger partial charge is 0.463 e. The van der Waals surface area contributed by atoms with E-state index in [0.29, 0.717) is 17.8 Å². The number of esters is 4. The van der Waals surface area contributed by atoms with Crippen molar-refractivity contribution in [2.45, 2.75) is 105 Å². The predicted octanol–water partition coefficient (Wildman–Crippen LogP) is 4.35. The fraction of sp³-hybridized carbons (Fsp3) is 0.727. The summed E-state index contributed by atoms with van der Waals surface area (Å²) in [5.41, 5.74) is 1.08. The SMILES string of the molecule is CC(=O)OCC(COC(C)=O)(COC(C)=O)NC(=O)/C=C1\CC[C@H]2[C@@H]3CC=C4C[C@@H](OC(C)=O)CC[C@]4(C)[C@H]3CC[C@]12C. The molecule has 0 aromatic carbocycles. The van der Waals surface area contributed by atoms with Crippen molar-refractivity contribution < 1.29 is 42.9 Å². The molecule has 0 spiro atoms. The summed E-state index contributed by atoms with van der Waals surface area (Å²) in [5.74, 6) is -0.849. The predicted molar refractivity (Wildman–Crippen MR) is 156 cm³/mol. The third-order valence-corrected chi connectivity index (χ3v) is 10.6. The number of nitrogens with one attached hydrogen (secondary N) is 1. The van der Waals surface area contributed by atoms with Gasteiger partial charge < -0.3 is 24.3 Å². The minimum absolute atomic E-state index is 0.0311. The Morgan fingerprint density at radius 3 is 1.95 bits per heavy atom. The monoisotopic (exact) mass is 601 g/mol. The van der Waals surface area contributed by atoms with E-state index in [1.807, 2.05) is 0 Å². The Morgan fingerprint density at radius 1 is 0.837 bits per heavy atom. The van der Waals surface area contributed by atoms with Crippen molar-refractivity contribution in [3.05, 3.63) is 23.3 Å². The van der Waals surface area contributed by atoms with E-state index in [2.05, 4.69) is 25.2 Å². The van der Waals surface area contributed by atoms with Crippen LogP contribution in [0, 0.1) is 28.6 Å². The van der Waals surface area contributed by atoms with Gasteiger partial charge in [0.1, 0.15) is 31.5 Å². The van der Waals surface area contributed by atoms with Crippen LogP contribution in [0.5, 0.6) is 0 Å². The molecule has 43 heavy (non-hydrogen) atoms. The van der Waals surface area contributed by atoms with E-state index in [9.17, 15) is 24.0 Å². The Morgan fingerprint density at radius 2 is 1.40 bits per heavy atom. The first-order valence-corrected chi connectivity index (χ1v) is 15.5. The van der Waals surface area contributed by atoms with Crippen molar-refractivity contribution in [2.75, 3.05) is 19.8 Å². The highest BCUT2D eigenvalue weighted by Gasteiger charge is 2.57. The topological polar surface area (TPSA) is 134 Å². The number of fused-ring (bicyclic) bond motifs is 5. The van der Waals surface area contributed by atoms with E-state index >= 15 is 0 Å². The van der Waals surface area contributed by atoms with Gasteiger partial charge in [-0.2, -0.15) is 0 Å². The van der Waals surface area contributed by atoms with Gasteiger partial charge in [-0.05, 0) is 73.5 Å². The summed E-state index contributed by atoms with van der Waals surface area (Å²) in [7, 11) is 0. The smallest absolute Gasteiger partial charge is 0.302 e. The lowest BCUT2D eigenvalue weighted by Crippen LogP contribution is -2.59. The summed E-state index contributed by atoms with van der Waals surface area (Å²) < 4.78 is 21.2. The highest BCUT2D eigenvalue weighted by molar-refractivity contribution is 5.89. The first kappa shape index (κ1) is 32.7. The number of carbonyl (C=O) groups is 5. The fourth-order valence-electron chi connectivity index (χ4n) is 8.46. The van der Waals surface area contributed by atoms with Gasteiger partial charge in [0.2, 0.25) is 5.91 Å². The van der Waals surface area contributed by atoms with Crippen molar-refractivity contribution >= 4 is 29.8 Å². The molecule has 0 heterocycles. The quantitative estimate of drug-likeness (QED) is 0.177. The van der Waals surface area contributed by atoms with Crippen LogP contribution in [0.4, 0.5) is 0 Å². The highest BCUT2D eigenvalue weighted by Crippen LogP contribution is 2.66. The zero-order chi connectivity index (χ0) is 31.6. The minimum Gasteiger partial charge on any atom is -0.463 e. The van der Waals surface area contributed by atoms with Gasteiger partial charge in [-0.3, -0.25) is 24.0 Å². The maximum absolute atomic E-state index is 13.5. The standard InChI is InChI=1S/C33H47NO9/c1-20(35)40-17-33(18-41-21(2)36,19-42-22(3)37)34-30(39)16-25-8-10-28-27-9-7-24-15-26(43-23(4)38)11-13-31(24,5)29(27)12-14-32(25,28)6/h7,16,26-29H,8-15,17-19H2,1-6H3,(H,34,39)/b25-16+/t26-,27-,28-,29-,31-,32+/m0/s1. The molecular formula is C33H47NO9. The molecule has 0 radical (unpaired) electrons. The van der Waals surface area contributed by atoms with Gasteiger partial charge in [0.25, 0.3) is 0 Å². The van der Waals surface area contributed by atoms with Crippen LogP contribution in [0.25, 0.3) is 0 Å². The molecule has 0 aromatic rings. The number of amides is 1. The van der Waals surface area contributed by atoms with Crippen LogP contribution in [0.2, 0.25) is 0 Å². The number of allylic oxidation sites excluding steroid dienone is 2. The van der Waals surface area contributed by atoms with Crippen LogP contribution in [0.3, 0.4) is 0 Å². The van der Waals surface area contributed by atoms with Gasteiger partial charge >= 0.3 is 23.9 Å². The molecule has 0 bridgehead atoms. The molecule has 4 rings (SSSR count). The molecule has 6 atom stereocenters. The summed E-state index contributed by atoms with van der Waals surface area (Å²) in [5, 5.41) is 2.86. The van der Waals surface area contributed by atoms with Crippen molar-refractivity contribution in [3.63, 3.8) is 0 Å². The molecule has 3 saturated carbocycles. The van der Waals surface area contributed by atoms with E-state index in [4.69, 9.17) is 18.9 Å². The summed E-state index contributed by atoms with van der Waals surface area (Å²) in [6.45, 7) is 8.88. The molecule has 10 heteroatoms. The van der Waals surface area contributed by atoms with Crippen LogP contribution in [-0.2, 0) is 42.9 Å². The Kier molecular flexibility index (Phi) is 9.76. The van der Waals surface area contributed by atoms with Crippen molar-refractivity contribution in [1.29, 1.82) is 0 Å². The zero-order valence-electron chi connectivity index (χ0n) is 26.4. The molecule has 0 aromatic heterocycles. The van der Waals surface area contributed by atoms with Gasteiger partial charge in [0, 0.05) is 40.2 Å². The van der Waals surface area contributed by atoms with Crippen LogP contribution in [-0.4, -0.2) is 61.2 Å². The molecule has 1 N–H and O–H groups in total. The van der Waals surface area contributed by atoms with Gasteiger partial charge in [-0.25, -0.2) is 0 Å². The third kappa shape index (κ3) is 7.15. The summed E-state index contributed by atoms with van der Waals surface area (Å²) >= 11 is 0. The maximum Gasteiger partial charge on any atom is 0.302 e. The molecule has 10 nitrogen and oxygen atoms in total. The van der Waals surface area contributed by atoms with Crippen molar-refractivity contribution in [2.24, 2.45) is 28.6 Å². The number of hydrogen-bond acceptors (Lipinski definition) is 9. The number of ether oxygens (including phenoxy) is 4. The maximum atomic E-state index is 13.5. The molecule has 4 aliphatic rings. The first-order valence-electron chi connectivity index (χ1n) is 15.5. The van der Waals surface area contributed by atoms with Crippen LogP contribution >= 0.6 is 0 Å². The van der Waals surface area contributed by atoms with Crippen molar-refractivity contribution in [1.82, 2.24) is 5.32 Å². The average Bonchev–Trinajstić information content (AvgIpc) is 3.25. The van der Waals surface area contributed by atoms with Crippen LogP contribution in [0.15, 0.2) is 23.3 Å². The van der Waals surface area contributed by atoms with Gasteiger partial charge in [0.15, 0.2) is 0 Å². The molecule has 0 unspecified atom stereocenters. The average molecular weight is 602 g/mol. The second kappa shape index (κ2) is 12.8. The number of hydrogen-bond donors (Lipinski definition) is 1. The fourth-order valence-corrected chi connectivity index (χ4v) is 8.46. The molecule has 1 amide bonds. The molecule has 0 saturated heterocycles. The zero-order valence-corrected chi connectivity index (χ0v) is 26.4. The number of rotatable bonds is 9. The Bertz CT molecular complexity index is 1160. The lowest BCUT2D eigenvalue weighted by Gasteiger charge is -2.57.